The van der Waals surface area contributed by atoms with Crippen molar-refractivity contribution < 1.29 is 19.5 Å². The molecule has 31 heavy (non-hydrogen) atoms. The standard InChI is InChI=1S/C21H20Cl2N4O4/c1-27-10-15(20(28)26-30)19(31-11-13-4-7-16(22)17(23)8-13)18(27)21(29)25-9-12-2-5-14(24)6-3-12/h2-8,10,30H,9,11,24H2,1H3,(H,25,29)(H,26,28). The Hall–Kier alpha value is -3.20. The van der Waals surface area contributed by atoms with E-state index in [1.165, 1.54) is 10.8 Å². The van der Waals surface area contributed by atoms with E-state index in [0.717, 1.165) is 5.56 Å². The Bertz CT molecular complexity index is 1110. The number of anilines is 1. The molecular weight excluding hydrogens is 443 g/mol. The van der Waals surface area contributed by atoms with Crippen LogP contribution in [0.15, 0.2) is 48.7 Å². The fourth-order valence-corrected chi connectivity index (χ4v) is 3.24. The molecular formula is C21H20Cl2N4O4. The molecule has 0 radical (unpaired) electrons. The Morgan fingerprint density at radius 3 is 2.39 bits per heavy atom. The zero-order valence-corrected chi connectivity index (χ0v) is 18.0. The van der Waals surface area contributed by atoms with Crippen LogP contribution in [0, 0.1) is 0 Å². The van der Waals surface area contributed by atoms with E-state index in [9.17, 15) is 9.59 Å². The zero-order chi connectivity index (χ0) is 22.5. The summed E-state index contributed by atoms with van der Waals surface area (Å²) in [6.45, 7) is 0.267. The second-order valence-electron chi connectivity index (χ2n) is 6.73. The highest BCUT2D eigenvalue weighted by atomic mass is 35.5. The summed E-state index contributed by atoms with van der Waals surface area (Å²) in [6.07, 6.45) is 1.40. The third-order valence-corrected chi connectivity index (χ3v) is 5.24. The largest absolute Gasteiger partial charge is 0.486 e. The van der Waals surface area contributed by atoms with Gasteiger partial charge in [0.05, 0.1) is 10.0 Å². The number of hydroxylamine groups is 1. The molecule has 1 heterocycles. The second kappa shape index (κ2) is 9.74. The predicted molar refractivity (Wildman–Crippen MR) is 117 cm³/mol. The van der Waals surface area contributed by atoms with Crippen LogP contribution < -0.4 is 21.3 Å². The van der Waals surface area contributed by atoms with E-state index < -0.39 is 11.8 Å². The second-order valence-corrected chi connectivity index (χ2v) is 7.55. The number of nitrogens with two attached hydrogens (primary N) is 1. The van der Waals surface area contributed by atoms with Gasteiger partial charge in [-0.1, -0.05) is 41.4 Å². The molecule has 3 rings (SSSR count). The number of nitrogen functional groups attached to an aromatic ring is 1. The van der Waals surface area contributed by atoms with Gasteiger partial charge in [-0.25, -0.2) is 5.48 Å². The van der Waals surface area contributed by atoms with Gasteiger partial charge in [0.15, 0.2) is 5.75 Å². The molecule has 0 saturated carbocycles. The maximum Gasteiger partial charge on any atom is 0.279 e. The Morgan fingerprint density at radius 1 is 1.06 bits per heavy atom. The number of hydrogen-bond donors (Lipinski definition) is 4. The molecule has 0 bridgehead atoms. The van der Waals surface area contributed by atoms with Crippen LogP contribution in [0.2, 0.25) is 10.0 Å². The molecule has 2 amide bonds. The normalized spacial score (nSPS) is 10.6. The highest BCUT2D eigenvalue weighted by Crippen LogP contribution is 2.28. The lowest BCUT2D eigenvalue weighted by molar-refractivity contribution is 0.0702. The summed E-state index contributed by atoms with van der Waals surface area (Å²) in [6, 6.07) is 12.0. The smallest absolute Gasteiger partial charge is 0.279 e. The van der Waals surface area contributed by atoms with E-state index in [-0.39, 0.29) is 30.2 Å². The minimum Gasteiger partial charge on any atom is -0.486 e. The van der Waals surface area contributed by atoms with E-state index in [0.29, 0.717) is 21.3 Å². The quantitative estimate of drug-likeness (QED) is 0.243. The number of aryl methyl sites for hydroxylation is 1. The van der Waals surface area contributed by atoms with Gasteiger partial charge in [-0.3, -0.25) is 14.8 Å². The number of carbonyl (C=O) groups is 2. The summed E-state index contributed by atoms with van der Waals surface area (Å²) in [5.74, 6) is -1.24. The number of nitrogens with zero attached hydrogens (tertiary/aromatic N) is 1. The van der Waals surface area contributed by atoms with Gasteiger partial charge in [0.1, 0.15) is 17.9 Å². The van der Waals surface area contributed by atoms with Crippen molar-refractivity contribution in [2.24, 2.45) is 7.05 Å². The minimum atomic E-state index is -0.808. The van der Waals surface area contributed by atoms with Crippen molar-refractivity contribution in [3.05, 3.63) is 81.1 Å². The molecule has 0 fully saturated rings. The molecule has 0 aliphatic heterocycles. The molecule has 10 heteroatoms. The molecule has 0 atom stereocenters. The third kappa shape index (κ3) is 5.29. The number of aromatic nitrogens is 1. The summed E-state index contributed by atoms with van der Waals surface area (Å²) in [5.41, 5.74) is 9.52. The van der Waals surface area contributed by atoms with Gasteiger partial charge in [0.2, 0.25) is 0 Å². The lowest BCUT2D eigenvalue weighted by Crippen LogP contribution is -2.25. The number of hydrogen-bond acceptors (Lipinski definition) is 5. The van der Waals surface area contributed by atoms with Crippen LogP contribution in [-0.4, -0.2) is 21.6 Å². The molecule has 2 aromatic carbocycles. The fraction of sp³-hybridized carbons (Fsp3) is 0.143. The highest BCUT2D eigenvalue weighted by Gasteiger charge is 2.26. The number of benzene rings is 2. The molecule has 0 aliphatic rings. The van der Waals surface area contributed by atoms with Crippen molar-refractivity contribution in [1.82, 2.24) is 15.4 Å². The van der Waals surface area contributed by atoms with Crippen molar-refractivity contribution in [2.75, 3.05) is 5.73 Å². The molecule has 3 aromatic rings. The SMILES string of the molecule is Cn1cc(C(=O)NO)c(OCc2ccc(Cl)c(Cl)c2)c1C(=O)NCc1ccc(N)cc1. The van der Waals surface area contributed by atoms with Gasteiger partial charge in [-0.15, -0.1) is 0 Å². The Kier molecular flexibility index (Phi) is 7.06. The van der Waals surface area contributed by atoms with Gasteiger partial charge in [0.25, 0.3) is 11.8 Å². The Balaban J connectivity index is 1.85. The molecule has 5 N–H and O–H groups in total. The van der Waals surface area contributed by atoms with Crippen molar-refractivity contribution >= 4 is 40.7 Å². The number of rotatable bonds is 7. The van der Waals surface area contributed by atoms with Crippen molar-refractivity contribution in [1.29, 1.82) is 0 Å². The van der Waals surface area contributed by atoms with E-state index in [1.807, 2.05) is 0 Å². The minimum absolute atomic E-state index is 0.00250. The highest BCUT2D eigenvalue weighted by molar-refractivity contribution is 6.42. The molecule has 8 nitrogen and oxygen atoms in total. The average molecular weight is 463 g/mol. The van der Waals surface area contributed by atoms with Crippen molar-refractivity contribution in [2.45, 2.75) is 13.2 Å². The maximum atomic E-state index is 12.9. The van der Waals surface area contributed by atoms with Crippen molar-refractivity contribution in [3.63, 3.8) is 0 Å². The van der Waals surface area contributed by atoms with Gasteiger partial charge in [-0.2, -0.15) is 0 Å². The number of nitrogens with one attached hydrogen (secondary N) is 2. The molecule has 0 aliphatic carbocycles. The maximum absolute atomic E-state index is 12.9. The van der Waals surface area contributed by atoms with Crippen LogP contribution in [0.3, 0.4) is 0 Å². The van der Waals surface area contributed by atoms with Crippen LogP contribution in [-0.2, 0) is 20.2 Å². The first-order valence-electron chi connectivity index (χ1n) is 9.13. The Morgan fingerprint density at radius 2 is 1.74 bits per heavy atom. The van der Waals surface area contributed by atoms with Crippen LogP contribution in [0.5, 0.6) is 5.75 Å². The van der Waals surface area contributed by atoms with E-state index in [1.54, 1.807) is 55.0 Å². The topological polar surface area (TPSA) is 119 Å². The molecule has 0 saturated heterocycles. The predicted octanol–water partition coefficient (Wildman–Crippen LogP) is 3.54. The van der Waals surface area contributed by atoms with Crippen LogP contribution in [0.25, 0.3) is 0 Å². The first-order chi connectivity index (χ1) is 14.8. The first-order valence-corrected chi connectivity index (χ1v) is 9.88. The van der Waals surface area contributed by atoms with E-state index >= 15 is 0 Å². The average Bonchev–Trinajstić information content (AvgIpc) is 3.09. The van der Waals surface area contributed by atoms with Gasteiger partial charge >= 0.3 is 0 Å². The molecule has 0 spiro atoms. The molecule has 1 aromatic heterocycles. The number of amides is 2. The third-order valence-electron chi connectivity index (χ3n) is 4.50. The van der Waals surface area contributed by atoms with Crippen LogP contribution >= 0.6 is 23.2 Å². The van der Waals surface area contributed by atoms with Gasteiger partial charge < -0.3 is 20.4 Å². The first kappa shape index (κ1) is 22.5. The number of carbonyl (C=O) groups excluding carboxylic acids is 2. The van der Waals surface area contributed by atoms with E-state index in [4.69, 9.17) is 38.9 Å². The van der Waals surface area contributed by atoms with Gasteiger partial charge in [-0.05, 0) is 35.4 Å². The summed E-state index contributed by atoms with van der Waals surface area (Å²) in [5, 5.41) is 12.6. The van der Waals surface area contributed by atoms with Crippen LogP contribution in [0.1, 0.15) is 32.0 Å². The Labute approximate surface area is 188 Å². The molecule has 162 valence electrons. The monoisotopic (exact) mass is 462 g/mol. The summed E-state index contributed by atoms with van der Waals surface area (Å²) < 4.78 is 7.26. The summed E-state index contributed by atoms with van der Waals surface area (Å²) in [7, 11) is 1.60. The lowest BCUT2D eigenvalue weighted by Gasteiger charge is -2.12. The van der Waals surface area contributed by atoms with Crippen LogP contribution in [0.4, 0.5) is 5.69 Å². The fourth-order valence-electron chi connectivity index (χ4n) is 2.92. The lowest BCUT2D eigenvalue weighted by atomic mass is 10.2. The number of ether oxygens (including phenoxy) is 1. The summed E-state index contributed by atoms with van der Waals surface area (Å²) in [4.78, 5) is 25.0. The zero-order valence-electron chi connectivity index (χ0n) is 16.5. The van der Waals surface area contributed by atoms with Crippen molar-refractivity contribution in [3.8, 4) is 5.75 Å². The number of halogens is 2. The molecule has 0 unspecified atom stereocenters. The van der Waals surface area contributed by atoms with E-state index in [2.05, 4.69) is 5.32 Å². The van der Waals surface area contributed by atoms with Gasteiger partial charge in [0, 0.05) is 25.5 Å². The summed E-state index contributed by atoms with van der Waals surface area (Å²) >= 11 is 12.0.